The summed E-state index contributed by atoms with van der Waals surface area (Å²) in [7, 11) is 0. The van der Waals surface area contributed by atoms with Crippen LogP contribution in [-0.2, 0) is 13.0 Å². The minimum Gasteiger partial charge on any atom is -0.330 e. The summed E-state index contributed by atoms with van der Waals surface area (Å²) in [5.74, 6) is 2.04. The van der Waals surface area contributed by atoms with Gasteiger partial charge in [-0.25, -0.2) is 4.98 Å². The highest BCUT2D eigenvalue weighted by atomic mass is 15.1. The maximum absolute atomic E-state index is 5.97. The molecule has 14 heavy (non-hydrogen) atoms. The molecule has 1 aliphatic carbocycles. The van der Waals surface area contributed by atoms with Crippen LogP contribution in [-0.4, -0.2) is 15.6 Å². The first-order valence-corrected chi connectivity index (χ1v) is 5.57. The summed E-state index contributed by atoms with van der Waals surface area (Å²) >= 11 is 0. The van der Waals surface area contributed by atoms with Gasteiger partial charge in [-0.05, 0) is 26.2 Å². The second-order valence-electron chi connectivity index (χ2n) is 4.68. The van der Waals surface area contributed by atoms with Crippen molar-refractivity contribution in [3.05, 3.63) is 17.2 Å². The van der Waals surface area contributed by atoms with E-state index in [0.717, 1.165) is 25.3 Å². The fourth-order valence-corrected chi connectivity index (χ4v) is 2.43. The van der Waals surface area contributed by atoms with Crippen molar-refractivity contribution in [2.24, 2.45) is 5.73 Å². The van der Waals surface area contributed by atoms with Gasteiger partial charge in [-0.1, -0.05) is 0 Å². The van der Waals surface area contributed by atoms with Crippen LogP contribution in [0.25, 0.3) is 0 Å². The van der Waals surface area contributed by atoms with Crippen molar-refractivity contribution in [2.45, 2.75) is 51.1 Å². The summed E-state index contributed by atoms with van der Waals surface area (Å²) in [5.41, 5.74) is 8.70. The standard InChI is InChI=1S/C11H17N3/c1-7-11(8-2-3-8)13-10-5-4-9(12)6-14(7)10/h8-9H,2-6,12H2,1H3. The van der Waals surface area contributed by atoms with E-state index < -0.39 is 0 Å². The van der Waals surface area contributed by atoms with Crippen LogP contribution in [0.1, 0.15) is 42.4 Å². The second kappa shape index (κ2) is 2.83. The average molecular weight is 191 g/mol. The van der Waals surface area contributed by atoms with Crippen molar-refractivity contribution < 1.29 is 0 Å². The number of imidazole rings is 1. The normalized spacial score (nSPS) is 26.3. The van der Waals surface area contributed by atoms with E-state index in [2.05, 4.69) is 11.5 Å². The summed E-state index contributed by atoms with van der Waals surface area (Å²) < 4.78 is 2.34. The first-order valence-electron chi connectivity index (χ1n) is 5.57. The lowest BCUT2D eigenvalue weighted by Crippen LogP contribution is -2.32. The van der Waals surface area contributed by atoms with Gasteiger partial charge < -0.3 is 10.3 Å². The van der Waals surface area contributed by atoms with Gasteiger partial charge in [0.2, 0.25) is 0 Å². The molecule has 0 aromatic carbocycles. The topological polar surface area (TPSA) is 43.8 Å². The molecule has 0 saturated heterocycles. The van der Waals surface area contributed by atoms with E-state index in [0.29, 0.717) is 6.04 Å². The van der Waals surface area contributed by atoms with Crippen molar-refractivity contribution in [2.75, 3.05) is 0 Å². The highest BCUT2D eigenvalue weighted by molar-refractivity contribution is 5.24. The Morgan fingerprint density at radius 1 is 1.36 bits per heavy atom. The molecule has 3 rings (SSSR count). The van der Waals surface area contributed by atoms with Gasteiger partial charge in [0.15, 0.2) is 0 Å². The second-order valence-corrected chi connectivity index (χ2v) is 4.68. The maximum Gasteiger partial charge on any atom is 0.109 e. The third-order valence-electron chi connectivity index (χ3n) is 3.46. The van der Waals surface area contributed by atoms with Crippen LogP contribution in [0.15, 0.2) is 0 Å². The van der Waals surface area contributed by atoms with Crippen molar-refractivity contribution in [1.82, 2.24) is 9.55 Å². The fraction of sp³-hybridized carbons (Fsp3) is 0.727. The molecule has 3 heteroatoms. The lowest BCUT2D eigenvalue weighted by atomic mass is 10.1. The van der Waals surface area contributed by atoms with Crippen LogP contribution >= 0.6 is 0 Å². The van der Waals surface area contributed by atoms with E-state index in [4.69, 9.17) is 10.7 Å². The number of rotatable bonds is 1. The minimum atomic E-state index is 0.336. The molecule has 1 aliphatic heterocycles. The molecule has 1 unspecified atom stereocenters. The predicted molar refractivity (Wildman–Crippen MR) is 55.2 cm³/mol. The van der Waals surface area contributed by atoms with Crippen LogP contribution in [0.4, 0.5) is 0 Å². The Balaban J connectivity index is 2.02. The first-order chi connectivity index (χ1) is 6.75. The Bertz CT molecular complexity index is 363. The Morgan fingerprint density at radius 3 is 2.86 bits per heavy atom. The SMILES string of the molecule is Cc1c(C2CC2)nc2n1CC(N)CC2. The molecule has 2 heterocycles. The van der Waals surface area contributed by atoms with Gasteiger partial charge in [0.25, 0.3) is 0 Å². The van der Waals surface area contributed by atoms with E-state index in [9.17, 15) is 0 Å². The third-order valence-corrected chi connectivity index (χ3v) is 3.46. The molecule has 0 spiro atoms. The van der Waals surface area contributed by atoms with Gasteiger partial charge in [0.1, 0.15) is 5.82 Å². The Morgan fingerprint density at radius 2 is 2.14 bits per heavy atom. The summed E-state index contributed by atoms with van der Waals surface area (Å²) in [6, 6.07) is 0.336. The van der Waals surface area contributed by atoms with Gasteiger partial charge in [-0.15, -0.1) is 0 Å². The Hall–Kier alpha value is -0.830. The highest BCUT2D eigenvalue weighted by Gasteiger charge is 2.31. The van der Waals surface area contributed by atoms with Crippen LogP contribution in [0.3, 0.4) is 0 Å². The number of fused-ring (bicyclic) bond motifs is 1. The lowest BCUT2D eigenvalue weighted by molar-refractivity contribution is 0.448. The van der Waals surface area contributed by atoms with E-state index >= 15 is 0 Å². The number of aromatic nitrogens is 2. The van der Waals surface area contributed by atoms with E-state index in [1.54, 1.807) is 0 Å². The number of hydrogen-bond donors (Lipinski definition) is 1. The predicted octanol–water partition coefficient (Wildman–Crippen LogP) is 1.34. The van der Waals surface area contributed by atoms with E-state index in [-0.39, 0.29) is 0 Å². The quantitative estimate of drug-likeness (QED) is 0.728. The monoisotopic (exact) mass is 191 g/mol. The van der Waals surface area contributed by atoms with Crippen molar-refractivity contribution in [1.29, 1.82) is 0 Å². The molecule has 1 fully saturated rings. The molecule has 3 nitrogen and oxygen atoms in total. The molecule has 2 N–H and O–H groups in total. The zero-order valence-electron chi connectivity index (χ0n) is 8.66. The number of nitrogens with two attached hydrogens (primary N) is 1. The number of nitrogens with zero attached hydrogens (tertiary/aromatic N) is 2. The van der Waals surface area contributed by atoms with Crippen LogP contribution in [0.2, 0.25) is 0 Å². The summed E-state index contributed by atoms with van der Waals surface area (Å²) in [5, 5.41) is 0. The van der Waals surface area contributed by atoms with Gasteiger partial charge >= 0.3 is 0 Å². The van der Waals surface area contributed by atoms with Crippen molar-refractivity contribution in [3.8, 4) is 0 Å². The van der Waals surface area contributed by atoms with Gasteiger partial charge in [-0.2, -0.15) is 0 Å². The molecular formula is C11H17N3. The molecule has 1 atom stereocenters. The third kappa shape index (κ3) is 1.19. The maximum atomic E-state index is 5.97. The summed E-state index contributed by atoms with van der Waals surface area (Å²) in [4.78, 5) is 4.75. The number of hydrogen-bond acceptors (Lipinski definition) is 2. The smallest absolute Gasteiger partial charge is 0.109 e. The largest absolute Gasteiger partial charge is 0.330 e. The van der Waals surface area contributed by atoms with Crippen LogP contribution in [0, 0.1) is 6.92 Å². The zero-order chi connectivity index (χ0) is 9.71. The molecule has 0 amide bonds. The molecule has 1 aromatic heterocycles. The van der Waals surface area contributed by atoms with Crippen molar-refractivity contribution >= 4 is 0 Å². The molecule has 1 saturated carbocycles. The van der Waals surface area contributed by atoms with Crippen LogP contribution in [0.5, 0.6) is 0 Å². The van der Waals surface area contributed by atoms with Crippen molar-refractivity contribution in [3.63, 3.8) is 0 Å². The molecule has 0 radical (unpaired) electrons. The Kier molecular flexibility index (Phi) is 1.71. The first kappa shape index (κ1) is 8.48. The van der Waals surface area contributed by atoms with E-state index in [1.165, 1.54) is 30.1 Å². The molecule has 0 bridgehead atoms. The highest BCUT2D eigenvalue weighted by Crippen LogP contribution is 2.41. The minimum absolute atomic E-state index is 0.336. The van der Waals surface area contributed by atoms with Gasteiger partial charge in [0, 0.05) is 30.6 Å². The summed E-state index contributed by atoms with van der Waals surface area (Å²) in [6.07, 6.45) is 4.84. The number of aryl methyl sites for hydroxylation is 1. The average Bonchev–Trinajstić information content (AvgIpc) is 2.95. The lowest BCUT2D eigenvalue weighted by Gasteiger charge is -2.21. The van der Waals surface area contributed by atoms with Crippen LogP contribution < -0.4 is 5.73 Å². The van der Waals surface area contributed by atoms with Gasteiger partial charge in [0.05, 0.1) is 5.69 Å². The molecular weight excluding hydrogens is 174 g/mol. The fourth-order valence-electron chi connectivity index (χ4n) is 2.43. The van der Waals surface area contributed by atoms with Gasteiger partial charge in [-0.3, -0.25) is 0 Å². The summed E-state index contributed by atoms with van der Waals surface area (Å²) in [6.45, 7) is 3.17. The Labute approximate surface area is 84.3 Å². The molecule has 2 aliphatic rings. The van der Waals surface area contributed by atoms with E-state index in [1.807, 2.05) is 0 Å². The zero-order valence-corrected chi connectivity index (χ0v) is 8.66. The molecule has 1 aromatic rings. The molecule has 76 valence electrons.